The summed E-state index contributed by atoms with van der Waals surface area (Å²) in [4.78, 5) is 0. The molecule has 8 heteroatoms. The average molecular weight is 474 g/mol. The SMILES string of the molecule is CCCC1CCC(c2ccc(OC(F)(F)c3ccc(OCC)c(F)c3C(F)(F)F)cc2)CC1. The summed E-state index contributed by atoms with van der Waals surface area (Å²) in [7, 11) is 0. The number of halogens is 6. The molecule has 0 unspecified atom stereocenters. The fourth-order valence-corrected chi connectivity index (χ4v) is 4.55. The maximum absolute atomic E-state index is 14.8. The van der Waals surface area contributed by atoms with Crippen LogP contribution in [-0.2, 0) is 12.3 Å². The standard InChI is InChI=1S/C25H28F6O2/c1-3-5-16-6-8-17(9-7-16)18-10-12-19(13-11-18)33-25(30,31)20-14-15-21(32-4-2)23(26)22(20)24(27,28)29/h10-17H,3-9H2,1-2H3. The first-order chi connectivity index (χ1) is 15.6. The minimum atomic E-state index is -5.36. The van der Waals surface area contributed by atoms with Crippen LogP contribution in [0.2, 0.25) is 0 Å². The molecule has 1 saturated carbocycles. The maximum Gasteiger partial charge on any atom is 0.427 e. The van der Waals surface area contributed by atoms with Gasteiger partial charge >= 0.3 is 12.3 Å². The van der Waals surface area contributed by atoms with Crippen LogP contribution >= 0.6 is 0 Å². The van der Waals surface area contributed by atoms with E-state index in [4.69, 9.17) is 4.74 Å². The van der Waals surface area contributed by atoms with Crippen LogP contribution in [0.25, 0.3) is 0 Å². The van der Waals surface area contributed by atoms with Gasteiger partial charge in [0.05, 0.1) is 12.2 Å². The zero-order valence-corrected chi connectivity index (χ0v) is 18.7. The van der Waals surface area contributed by atoms with Crippen molar-refractivity contribution >= 4 is 0 Å². The van der Waals surface area contributed by atoms with Crippen LogP contribution in [0.15, 0.2) is 36.4 Å². The van der Waals surface area contributed by atoms with Gasteiger partial charge in [-0.05, 0) is 74.3 Å². The van der Waals surface area contributed by atoms with Gasteiger partial charge in [0.25, 0.3) is 0 Å². The highest BCUT2D eigenvalue weighted by molar-refractivity contribution is 5.42. The Morgan fingerprint density at radius 3 is 2.06 bits per heavy atom. The van der Waals surface area contributed by atoms with Crippen molar-refractivity contribution in [3.63, 3.8) is 0 Å². The Labute approximate surface area is 189 Å². The monoisotopic (exact) mass is 474 g/mol. The van der Waals surface area contributed by atoms with Gasteiger partial charge in [0.15, 0.2) is 11.6 Å². The summed E-state index contributed by atoms with van der Waals surface area (Å²) in [5, 5.41) is 0. The molecule has 0 saturated heterocycles. The lowest BCUT2D eigenvalue weighted by Crippen LogP contribution is -2.27. The number of rotatable bonds is 8. The van der Waals surface area contributed by atoms with E-state index in [9.17, 15) is 26.3 Å². The number of benzene rings is 2. The molecule has 0 N–H and O–H groups in total. The molecule has 1 aliphatic rings. The summed E-state index contributed by atoms with van der Waals surface area (Å²) >= 11 is 0. The quantitative estimate of drug-likeness (QED) is 0.358. The number of ether oxygens (including phenoxy) is 2. The predicted molar refractivity (Wildman–Crippen MR) is 113 cm³/mol. The van der Waals surface area contributed by atoms with Gasteiger partial charge in [0, 0.05) is 0 Å². The molecule has 1 fully saturated rings. The summed E-state index contributed by atoms with van der Waals surface area (Å²) in [5.41, 5.74) is -2.71. The first-order valence-electron chi connectivity index (χ1n) is 11.3. The minimum absolute atomic E-state index is 0.118. The molecule has 0 radical (unpaired) electrons. The van der Waals surface area contributed by atoms with Gasteiger partial charge in [-0.3, -0.25) is 0 Å². The summed E-state index contributed by atoms with van der Waals surface area (Å²) in [6.45, 7) is 3.49. The fraction of sp³-hybridized carbons (Fsp3) is 0.520. The van der Waals surface area contributed by atoms with E-state index in [0.717, 1.165) is 49.7 Å². The molecule has 0 bridgehead atoms. The van der Waals surface area contributed by atoms with E-state index in [-0.39, 0.29) is 12.4 Å². The van der Waals surface area contributed by atoms with E-state index in [0.29, 0.717) is 12.0 Å². The topological polar surface area (TPSA) is 18.5 Å². The Bertz CT molecular complexity index is 916. The zero-order valence-electron chi connectivity index (χ0n) is 18.7. The van der Waals surface area contributed by atoms with Crippen LogP contribution in [0.5, 0.6) is 11.5 Å². The molecule has 0 amide bonds. The van der Waals surface area contributed by atoms with E-state index in [1.807, 2.05) is 0 Å². The Hall–Kier alpha value is -2.38. The molecular formula is C25H28F6O2. The van der Waals surface area contributed by atoms with Gasteiger partial charge < -0.3 is 9.47 Å². The lowest BCUT2D eigenvalue weighted by atomic mass is 9.77. The van der Waals surface area contributed by atoms with Crippen molar-refractivity contribution < 1.29 is 35.8 Å². The molecule has 3 rings (SSSR count). The molecule has 2 nitrogen and oxygen atoms in total. The Kier molecular flexibility index (Phi) is 7.85. The molecule has 0 spiro atoms. The number of hydrogen-bond donors (Lipinski definition) is 0. The van der Waals surface area contributed by atoms with Crippen molar-refractivity contribution in [2.75, 3.05) is 6.61 Å². The third kappa shape index (κ3) is 5.95. The fourth-order valence-electron chi connectivity index (χ4n) is 4.55. The first-order valence-corrected chi connectivity index (χ1v) is 11.3. The second kappa shape index (κ2) is 10.3. The maximum atomic E-state index is 14.8. The summed E-state index contributed by atoms with van der Waals surface area (Å²) in [6.07, 6.45) is -3.12. The molecule has 0 aliphatic heterocycles. The van der Waals surface area contributed by atoms with E-state index >= 15 is 0 Å². The zero-order chi connectivity index (χ0) is 24.2. The number of hydrogen-bond acceptors (Lipinski definition) is 2. The van der Waals surface area contributed by atoms with Crippen molar-refractivity contribution in [2.45, 2.75) is 70.6 Å². The van der Waals surface area contributed by atoms with Gasteiger partial charge in [-0.1, -0.05) is 31.9 Å². The molecule has 0 aromatic heterocycles. The molecule has 2 aromatic carbocycles. The Morgan fingerprint density at radius 2 is 1.52 bits per heavy atom. The predicted octanol–water partition coefficient (Wildman–Crippen LogP) is 8.45. The third-order valence-electron chi connectivity index (χ3n) is 6.14. The Balaban J connectivity index is 1.79. The van der Waals surface area contributed by atoms with Gasteiger partial charge in [-0.25, -0.2) is 4.39 Å². The highest BCUT2D eigenvalue weighted by Crippen LogP contribution is 2.44. The largest absolute Gasteiger partial charge is 0.491 e. The summed E-state index contributed by atoms with van der Waals surface area (Å²) in [5.74, 6) is -1.89. The smallest absolute Gasteiger partial charge is 0.427 e. The highest BCUT2D eigenvalue weighted by Gasteiger charge is 2.48. The molecule has 0 heterocycles. The van der Waals surface area contributed by atoms with Gasteiger partial charge in [-0.15, -0.1) is 0 Å². The average Bonchev–Trinajstić information content (AvgIpc) is 2.75. The van der Waals surface area contributed by atoms with Crippen LogP contribution < -0.4 is 9.47 Å². The Morgan fingerprint density at radius 1 is 0.879 bits per heavy atom. The van der Waals surface area contributed by atoms with E-state index in [2.05, 4.69) is 11.7 Å². The molecule has 33 heavy (non-hydrogen) atoms. The van der Waals surface area contributed by atoms with Crippen molar-refractivity contribution in [1.82, 2.24) is 0 Å². The van der Waals surface area contributed by atoms with Gasteiger partial charge in [0.1, 0.15) is 11.3 Å². The number of alkyl halides is 5. The van der Waals surface area contributed by atoms with Crippen molar-refractivity contribution in [3.8, 4) is 11.5 Å². The van der Waals surface area contributed by atoms with E-state index < -0.39 is 35.0 Å². The molecule has 2 aromatic rings. The lowest BCUT2D eigenvalue weighted by Gasteiger charge is -2.29. The van der Waals surface area contributed by atoms with Gasteiger partial charge in [0.2, 0.25) is 0 Å². The van der Waals surface area contributed by atoms with E-state index in [1.165, 1.54) is 25.5 Å². The van der Waals surface area contributed by atoms with Crippen molar-refractivity contribution in [1.29, 1.82) is 0 Å². The molecule has 0 atom stereocenters. The second-order valence-corrected chi connectivity index (χ2v) is 8.43. The van der Waals surface area contributed by atoms with Crippen molar-refractivity contribution in [3.05, 3.63) is 58.9 Å². The van der Waals surface area contributed by atoms with Crippen LogP contribution in [0.4, 0.5) is 26.3 Å². The first kappa shape index (κ1) is 25.2. The normalized spacial score (nSPS) is 19.4. The van der Waals surface area contributed by atoms with E-state index in [1.54, 1.807) is 12.1 Å². The van der Waals surface area contributed by atoms with Crippen LogP contribution in [0.1, 0.15) is 75.0 Å². The molecule has 182 valence electrons. The highest BCUT2D eigenvalue weighted by atomic mass is 19.4. The van der Waals surface area contributed by atoms with Gasteiger partial charge in [-0.2, -0.15) is 22.0 Å². The molecule has 1 aliphatic carbocycles. The summed E-state index contributed by atoms with van der Waals surface area (Å²) < 4.78 is 93.7. The minimum Gasteiger partial charge on any atom is -0.491 e. The van der Waals surface area contributed by atoms with Crippen LogP contribution in [0.3, 0.4) is 0 Å². The second-order valence-electron chi connectivity index (χ2n) is 8.43. The van der Waals surface area contributed by atoms with Crippen LogP contribution in [-0.4, -0.2) is 6.61 Å². The summed E-state index contributed by atoms with van der Waals surface area (Å²) in [6, 6.07) is 7.21. The third-order valence-corrected chi connectivity index (χ3v) is 6.14. The van der Waals surface area contributed by atoms with Crippen LogP contribution in [0, 0.1) is 11.7 Å². The lowest BCUT2D eigenvalue weighted by molar-refractivity contribution is -0.195. The molecular weight excluding hydrogens is 446 g/mol. The van der Waals surface area contributed by atoms with Crippen molar-refractivity contribution in [2.24, 2.45) is 5.92 Å².